The van der Waals surface area contributed by atoms with Crippen LogP contribution >= 0.6 is 0 Å². The summed E-state index contributed by atoms with van der Waals surface area (Å²) in [6, 6.07) is 28.1. The second kappa shape index (κ2) is 10.8. The van der Waals surface area contributed by atoms with E-state index in [4.69, 9.17) is 0 Å². The van der Waals surface area contributed by atoms with E-state index in [-0.39, 0.29) is 21.7 Å². The van der Waals surface area contributed by atoms with Crippen LogP contribution in [0.4, 0.5) is 0 Å². The molecule has 4 atom stereocenters. The SMILES string of the molecule is CCC(C)(CC(C)(CC(C)(c1ccc(C)cc1)C(C)C(C)(C)C)c1ccc(C)cc1)c1ccc(C)cc1. The number of aryl methyl sites for hydroxylation is 3. The van der Waals surface area contributed by atoms with Crippen molar-refractivity contribution in [2.75, 3.05) is 0 Å². The van der Waals surface area contributed by atoms with Crippen LogP contribution in [0.3, 0.4) is 0 Å². The molecule has 3 aromatic carbocycles. The minimum absolute atomic E-state index is 0.00247. The summed E-state index contributed by atoms with van der Waals surface area (Å²) >= 11 is 0. The smallest absolute Gasteiger partial charge is 0.00363 e. The van der Waals surface area contributed by atoms with Crippen molar-refractivity contribution in [1.29, 1.82) is 0 Å². The van der Waals surface area contributed by atoms with Gasteiger partial charge in [0.25, 0.3) is 0 Å². The van der Waals surface area contributed by atoms with Crippen molar-refractivity contribution in [2.24, 2.45) is 11.3 Å². The maximum Gasteiger partial charge on any atom is -0.00363 e. The largest absolute Gasteiger partial charge is 0.0645 e. The van der Waals surface area contributed by atoms with Crippen molar-refractivity contribution in [2.45, 2.75) is 112 Å². The fourth-order valence-electron chi connectivity index (χ4n) is 6.68. The third-order valence-electron chi connectivity index (χ3n) is 9.78. The third kappa shape index (κ3) is 6.39. The van der Waals surface area contributed by atoms with Gasteiger partial charge in [-0.1, -0.05) is 145 Å². The molecule has 0 fully saturated rings. The van der Waals surface area contributed by atoms with Crippen LogP contribution in [-0.4, -0.2) is 0 Å². The van der Waals surface area contributed by atoms with Gasteiger partial charge >= 0.3 is 0 Å². The lowest BCUT2D eigenvalue weighted by molar-refractivity contribution is 0.110. The molecule has 0 spiro atoms. The highest BCUT2D eigenvalue weighted by atomic mass is 14.5. The average molecular weight is 497 g/mol. The van der Waals surface area contributed by atoms with E-state index in [1.54, 1.807) is 0 Å². The van der Waals surface area contributed by atoms with Gasteiger partial charge in [-0.15, -0.1) is 0 Å². The molecule has 0 bridgehead atoms. The van der Waals surface area contributed by atoms with Gasteiger partial charge in [-0.2, -0.15) is 0 Å². The van der Waals surface area contributed by atoms with Crippen molar-refractivity contribution in [1.82, 2.24) is 0 Å². The van der Waals surface area contributed by atoms with Crippen molar-refractivity contribution < 1.29 is 0 Å². The Morgan fingerprint density at radius 2 is 0.865 bits per heavy atom. The van der Waals surface area contributed by atoms with Gasteiger partial charge in [0.15, 0.2) is 0 Å². The average Bonchev–Trinajstić information content (AvgIpc) is 2.83. The van der Waals surface area contributed by atoms with E-state index < -0.39 is 0 Å². The van der Waals surface area contributed by atoms with Gasteiger partial charge in [-0.05, 0) is 84.3 Å². The number of hydrogen-bond acceptors (Lipinski definition) is 0. The maximum absolute atomic E-state index is 2.54. The van der Waals surface area contributed by atoms with Crippen molar-refractivity contribution in [3.8, 4) is 0 Å². The van der Waals surface area contributed by atoms with Gasteiger partial charge in [-0.25, -0.2) is 0 Å². The van der Waals surface area contributed by atoms with Crippen molar-refractivity contribution >= 4 is 0 Å². The van der Waals surface area contributed by atoms with E-state index in [0.717, 1.165) is 19.3 Å². The van der Waals surface area contributed by atoms with Gasteiger partial charge in [0, 0.05) is 0 Å². The number of benzene rings is 3. The number of hydrogen-bond donors (Lipinski definition) is 0. The van der Waals surface area contributed by atoms with Gasteiger partial charge in [0.1, 0.15) is 0 Å². The molecule has 0 heteroatoms. The van der Waals surface area contributed by atoms with Crippen LogP contribution in [0.2, 0.25) is 0 Å². The quantitative estimate of drug-likeness (QED) is 0.276. The summed E-state index contributed by atoms with van der Waals surface area (Å²) in [6.45, 7) is 26.2. The summed E-state index contributed by atoms with van der Waals surface area (Å²) < 4.78 is 0. The molecule has 3 aromatic rings. The lowest BCUT2D eigenvalue weighted by Crippen LogP contribution is -2.45. The first kappa shape index (κ1) is 29.2. The molecule has 3 rings (SSSR count). The van der Waals surface area contributed by atoms with E-state index in [9.17, 15) is 0 Å². The van der Waals surface area contributed by atoms with Crippen LogP contribution in [0.25, 0.3) is 0 Å². The molecule has 0 heterocycles. The van der Waals surface area contributed by atoms with E-state index in [0.29, 0.717) is 5.92 Å². The molecule has 37 heavy (non-hydrogen) atoms. The first-order valence-corrected chi connectivity index (χ1v) is 14.3. The van der Waals surface area contributed by atoms with Crippen LogP contribution in [-0.2, 0) is 16.2 Å². The topological polar surface area (TPSA) is 0 Å². The molecular weight excluding hydrogens is 444 g/mol. The molecule has 0 radical (unpaired) electrons. The first-order chi connectivity index (χ1) is 17.1. The third-order valence-corrected chi connectivity index (χ3v) is 9.78. The van der Waals surface area contributed by atoms with Crippen LogP contribution < -0.4 is 0 Å². The minimum atomic E-state index is 0.00247. The fourth-order valence-corrected chi connectivity index (χ4v) is 6.68. The highest BCUT2D eigenvalue weighted by Gasteiger charge is 2.47. The van der Waals surface area contributed by atoms with Gasteiger partial charge in [0.2, 0.25) is 0 Å². The number of rotatable bonds is 9. The predicted molar refractivity (Wildman–Crippen MR) is 164 cm³/mol. The summed E-state index contributed by atoms with van der Waals surface area (Å²) in [5.41, 5.74) is 8.67. The molecular formula is C37H52. The Labute approximate surface area is 228 Å². The van der Waals surface area contributed by atoms with Gasteiger partial charge < -0.3 is 0 Å². The highest BCUT2D eigenvalue weighted by molar-refractivity contribution is 5.37. The Hall–Kier alpha value is -2.34. The fraction of sp³-hybridized carbons (Fsp3) is 0.514. The molecule has 0 aromatic heterocycles. The van der Waals surface area contributed by atoms with Gasteiger partial charge in [-0.3, -0.25) is 0 Å². The Kier molecular flexibility index (Phi) is 8.53. The lowest BCUT2D eigenvalue weighted by atomic mass is 9.54. The van der Waals surface area contributed by atoms with Crippen LogP contribution in [0.15, 0.2) is 72.8 Å². The van der Waals surface area contributed by atoms with E-state index in [1.165, 1.54) is 33.4 Å². The molecule has 0 aliphatic carbocycles. The molecule has 4 unspecified atom stereocenters. The molecule has 200 valence electrons. The molecule has 0 N–H and O–H groups in total. The molecule has 0 aliphatic heterocycles. The Balaban J connectivity index is 2.20. The maximum atomic E-state index is 2.54. The molecule has 0 saturated carbocycles. The molecule has 0 nitrogen and oxygen atoms in total. The molecule has 0 saturated heterocycles. The summed E-state index contributed by atoms with van der Waals surface area (Å²) in [5, 5.41) is 0. The standard InChI is InChI=1S/C37H52/c1-12-35(9,31-19-13-27(2)14-20-31)25-36(10,32-21-15-28(3)16-22-32)26-37(11,30(5)34(6,7)8)33-23-17-29(4)18-24-33/h13-24,30H,12,25-26H2,1-11H3. The summed E-state index contributed by atoms with van der Waals surface area (Å²) in [7, 11) is 0. The van der Waals surface area contributed by atoms with E-state index in [1.807, 2.05) is 0 Å². The first-order valence-electron chi connectivity index (χ1n) is 14.3. The lowest BCUT2D eigenvalue weighted by Gasteiger charge is -2.50. The van der Waals surface area contributed by atoms with Gasteiger partial charge in [0.05, 0.1) is 0 Å². The second-order valence-corrected chi connectivity index (χ2v) is 13.9. The monoisotopic (exact) mass is 496 g/mol. The molecule has 0 amide bonds. The Morgan fingerprint density at radius 1 is 0.514 bits per heavy atom. The second-order valence-electron chi connectivity index (χ2n) is 13.9. The van der Waals surface area contributed by atoms with Crippen LogP contribution in [0.5, 0.6) is 0 Å². The van der Waals surface area contributed by atoms with Crippen molar-refractivity contribution in [3.63, 3.8) is 0 Å². The minimum Gasteiger partial charge on any atom is -0.0645 e. The summed E-state index contributed by atoms with van der Waals surface area (Å²) in [4.78, 5) is 0. The Bertz CT molecular complexity index is 1140. The van der Waals surface area contributed by atoms with E-state index >= 15 is 0 Å². The van der Waals surface area contributed by atoms with Crippen LogP contribution in [0.1, 0.15) is 108 Å². The zero-order valence-electron chi connectivity index (χ0n) is 25.6. The zero-order valence-corrected chi connectivity index (χ0v) is 25.6. The van der Waals surface area contributed by atoms with Crippen LogP contribution in [0, 0.1) is 32.1 Å². The molecule has 0 aliphatic rings. The van der Waals surface area contributed by atoms with Crippen molar-refractivity contribution in [3.05, 3.63) is 106 Å². The summed E-state index contributed by atoms with van der Waals surface area (Å²) in [5.74, 6) is 0.500. The highest BCUT2D eigenvalue weighted by Crippen LogP contribution is 2.53. The van der Waals surface area contributed by atoms with E-state index in [2.05, 4.69) is 149 Å². The normalized spacial score (nSPS) is 17.9. The predicted octanol–water partition coefficient (Wildman–Crippen LogP) is 10.7. The zero-order chi connectivity index (χ0) is 27.6. The summed E-state index contributed by atoms with van der Waals surface area (Å²) in [6.07, 6.45) is 3.33. The Morgan fingerprint density at radius 3 is 1.22 bits per heavy atom.